The van der Waals surface area contributed by atoms with Gasteiger partial charge in [-0.1, -0.05) is 50.1 Å². The van der Waals surface area contributed by atoms with Crippen LogP contribution in [0.15, 0.2) is 54.6 Å². The van der Waals surface area contributed by atoms with Crippen molar-refractivity contribution in [3.8, 4) is 5.75 Å². The molecule has 0 spiro atoms. The topological polar surface area (TPSA) is 96.0 Å². The van der Waals surface area contributed by atoms with Crippen LogP contribution in [0.2, 0.25) is 0 Å². The molecule has 2 aromatic carbocycles. The van der Waals surface area contributed by atoms with Crippen LogP contribution in [-0.4, -0.2) is 63.7 Å². The molecule has 3 rings (SSSR count). The number of carbonyl (C=O) groups is 2. The van der Waals surface area contributed by atoms with Gasteiger partial charge in [-0.25, -0.2) is 8.42 Å². The van der Waals surface area contributed by atoms with Gasteiger partial charge in [0.1, 0.15) is 11.8 Å². The molecule has 2 aromatic rings. The highest BCUT2D eigenvalue weighted by Gasteiger charge is 2.30. The Bertz CT molecular complexity index is 1130. The van der Waals surface area contributed by atoms with Crippen LogP contribution >= 0.6 is 0 Å². The Kier molecular flexibility index (Phi) is 11.0. The van der Waals surface area contributed by atoms with Crippen LogP contribution in [0.3, 0.4) is 0 Å². The van der Waals surface area contributed by atoms with Gasteiger partial charge in [-0.2, -0.15) is 0 Å². The van der Waals surface area contributed by atoms with Crippen molar-refractivity contribution in [2.75, 3.05) is 30.8 Å². The Labute approximate surface area is 227 Å². The van der Waals surface area contributed by atoms with Crippen molar-refractivity contribution in [1.82, 2.24) is 10.2 Å². The number of methoxy groups -OCH3 is 1. The standard InChI is InChI=1S/C29H41N3O5S/c1-4-27(29(34)30-24-13-8-9-14-24)31(22-20-23-11-6-5-7-12-23)28(33)15-10-21-32(38(3,35)36)25-16-18-26(37-2)19-17-25/h5-7,11-12,16-19,24,27H,4,8-10,13-15,20-22H2,1-3H3,(H,30,34). The smallest absolute Gasteiger partial charge is 0.243 e. The fraction of sp³-hybridized carbons (Fsp3) is 0.517. The first-order valence-corrected chi connectivity index (χ1v) is 15.3. The number of rotatable bonds is 14. The van der Waals surface area contributed by atoms with Gasteiger partial charge in [0.15, 0.2) is 0 Å². The van der Waals surface area contributed by atoms with Gasteiger partial charge in [-0.15, -0.1) is 0 Å². The van der Waals surface area contributed by atoms with E-state index in [4.69, 9.17) is 4.74 Å². The molecule has 1 fully saturated rings. The lowest BCUT2D eigenvalue weighted by Gasteiger charge is -2.32. The zero-order chi connectivity index (χ0) is 27.5. The second-order valence-corrected chi connectivity index (χ2v) is 11.8. The first-order chi connectivity index (χ1) is 18.2. The Hall–Kier alpha value is -3.07. The van der Waals surface area contributed by atoms with Gasteiger partial charge in [-0.05, 0) is 61.9 Å². The molecule has 1 aliphatic carbocycles. The number of hydrogen-bond donors (Lipinski definition) is 1. The summed E-state index contributed by atoms with van der Waals surface area (Å²) in [5.41, 5.74) is 1.61. The minimum Gasteiger partial charge on any atom is -0.497 e. The fourth-order valence-corrected chi connectivity index (χ4v) is 5.98. The number of sulfonamides is 1. The van der Waals surface area contributed by atoms with E-state index in [9.17, 15) is 18.0 Å². The summed E-state index contributed by atoms with van der Waals surface area (Å²) in [7, 11) is -1.99. The van der Waals surface area contributed by atoms with Crippen molar-refractivity contribution in [2.24, 2.45) is 0 Å². The van der Waals surface area contributed by atoms with E-state index in [-0.39, 0.29) is 30.8 Å². The van der Waals surface area contributed by atoms with E-state index in [2.05, 4.69) is 5.32 Å². The predicted octanol–water partition coefficient (Wildman–Crippen LogP) is 4.15. The summed E-state index contributed by atoms with van der Waals surface area (Å²) >= 11 is 0. The molecule has 1 atom stereocenters. The van der Waals surface area contributed by atoms with Crippen LogP contribution in [0.1, 0.15) is 57.4 Å². The van der Waals surface area contributed by atoms with Crippen molar-refractivity contribution in [1.29, 1.82) is 0 Å². The number of benzene rings is 2. The molecule has 0 radical (unpaired) electrons. The van der Waals surface area contributed by atoms with Crippen molar-refractivity contribution in [3.05, 3.63) is 60.2 Å². The lowest BCUT2D eigenvalue weighted by Crippen LogP contribution is -2.52. The summed E-state index contributed by atoms with van der Waals surface area (Å²) < 4.78 is 31.5. The maximum absolute atomic E-state index is 13.5. The van der Waals surface area contributed by atoms with Gasteiger partial charge >= 0.3 is 0 Å². The molecule has 9 heteroatoms. The molecule has 0 bridgehead atoms. The number of carbonyl (C=O) groups excluding carboxylic acids is 2. The molecule has 1 unspecified atom stereocenters. The lowest BCUT2D eigenvalue weighted by molar-refractivity contribution is -0.141. The highest BCUT2D eigenvalue weighted by atomic mass is 32.2. The van der Waals surface area contributed by atoms with Crippen LogP contribution in [-0.2, 0) is 26.0 Å². The average molecular weight is 544 g/mol. The van der Waals surface area contributed by atoms with E-state index in [1.807, 2.05) is 37.3 Å². The Morgan fingerprint density at radius 1 is 1.03 bits per heavy atom. The maximum atomic E-state index is 13.5. The Morgan fingerprint density at radius 2 is 1.68 bits per heavy atom. The van der Waals surface area contributed by atoms with Crippen molar-refractivity contribution < 1.29 is 22.7 Å². The zero-order valence-corrected chi connectivity index (χ0v) is 23.6. The molecular formula is C29H41N3O5S. The minimum atomic E-state index is -3.55. The van der Waals surface area contributed by atoms with Gasteiger partial charge < -0.3 is 15.0 Å². The van der Waals surface area contributed by atoms with E-state index < -0.39 is 16.1 Å². The summed E-state index contributed by atoms with van der Waals surface area (Å²) in [6, 6.07) is 16.3. The van der Waals surface area contributed by atoms with Crippen LogP contribution in [0, 0.1) is 0 Å². The summed E-state index contributed by atoms with van der Waals surface area (Å²) in [4.78, 5) is 28.4. The van der Waals surface area contributed by atoms with Crippen LogP contribution in [0.5, 0.6) is 5.75 Å². The highest BCUT2D eigenvalue weighted by molar-refractivity contribution is 7.92. The third kappa shape index (κ3) is 8.48. The van der Waals surface area contributed by atoms with Crippen LogP contribution in [0.25, 0.3) is 0 Å². The number of anilines is 1. The number of nitrogens with zero attached hydrogens (tertiary/aromatic N) is 2. The third-order valence-electron chi connectivity index (χ3n) is 7.08. The summed E-state index contributed by atoms with van der Waals surface area (Å²) in [5, 5.41) is 3.16. The molecule has 0 saturated heterocycles. The quantitative estimate of drug-likeness (QED) is 0.386. The van der Waals surface area contributed by atoms with E-state index in [0.717, 1.165) is 37.5 Å². The van der Waals surface area contributed by atoms with Gasteiger partial charge in [0.05, 0.1) is 19.1 Å². The van der Waals surface area contributed by atoms with E-state index >= 15 is 0 Å². The second-order valence-electron chi connectivity index (χ2n) is 9.87. The number of hydrogen-bond acceptors (Lipinski definition) is 5. The first kappa shape index (κ1) is 29.5. The van der Waals surface area contributed by atoms with E-state index in [0.29, 0.717) is 37.2 Å². The Morgan fingerprint density at radius 3 is 2.26 bits per heavy atom. The molecule has 1 saturated carbocycles. The molecule has 1 N–H and O–H groups in total. The molecule has 208 valence electrons. The van der Waals surface area contributed by atoms with Crippen molar-refractivity contribution in [2.45, 2.75) is 70.4 Å². The minimum absolute atomic E-state index is 0.100. The monoisotopic (exact) mass is 543 g/mol. The molecule has 2 amide bonds. The van der Waals surface area contributed by atoms with Crippen LogP contribution < -0.4 is 14.4 Å². The first-order valence-electron chi connectivity index (χ1n) is 13.5. The van der Waals surface area contributed by atoms with Crippen molar-refractivity contribution >= 4 is 27.5 Å². The molecule has 0 heterocycles. The predicted molar refractivity (Wildman–Crippen MR) is 151 cm³/mol. The summed E-state index contributed by atoms with van der Waals surface area (Å²) in [5.74, 6) is 0.391. The SMILES string of the molecule is CCC(C(=O)NC1CCCC1)N(CCc1ccccc1)C(=O)CCCN(c1ccc(OC)cc1)S(C)(=O)=O. The molecule has 1 aliphatic rings. The number of ether oxygens (including phenoxy) is 1. The van der Waals surface area contributed by atoms with Gasteiger partial charge in [0.2, 0.25) is 21.8 Å². The van der Waals surface area contributed by atoms with Gasteiger partial charge in [0, 0.05) is 25.6 Å². The zero-order valence-electron chi connectivity index (χ0n) is 22.8. The van der Waals surface area contributed by atoms with Crippen molar-refractivity contribution in [3.63, 3.8) is 0 Å². The maximum Gasteiger partial charge on any atom is 0.243 e. The normalized spacial score (nSPS) is 14.6. The largest absolute Gasteiger partial charge is 0.497 e. The van der Waals surface area contributed by atoms with E-state index in [1.54, 1.807) is 36.3 Å². The summed E-state index contributed by atoms with van der Waals surface area (Å²) in [6.07, 6.45) is 6.98. The fourth-order valence-electron chi connectivity index (χ4n) is 5.02. The lowest BCUT2D eigenvalue weighted by atomic mass is 10.1. The molecule has 0 aromatic heterocycles. The molecule has 38 heavy (non-hydrogen) atoms. The molecule has 0 aliphatic heterocycles. The van der Waals surface area contributed by atoms with Crippen LogP contribution in [0.4, 0.5) is 5.69 Å². The summed E-state index contributed by atoms with van der Waals surface area (Å²) in [6.45, 7) is 2.51. The molecular weight excluding hydrogens is 502 g/mol. The van der Waals surface area contributed by atoms with Gasteiger partial charge in [0.25, 0.3) is 0 Å². The molecule has 8 nitrogen and oxygen atoms in total. The highest BCUT2D eigenvalue weighted by Crippen LogP contribution is 2.23. The third-order valence-corrected chi connectivity index (χ3v) is 8.28. The number of amides is 2. The second kappa shape index (κ2) is 14.2. The number of nitrogens with one attached hydrogen (secondary N) is 1. The average Bonchev–Trinajstić information content (AvgIpc) is 3.42. The Balaban J connectivity index is 1.70. The van der Waals surface area contributed by atoms with E-state index in [1.165, 1.54) is 4.31 Å². The van der Waals surface area contributed by atoms with Gasteiger partial charge in [-0.3, -0.25) is 13.9 Å².